The first-order valence-electron chi connectivity index (χ1n) is 8.38. The van der Waals surface area contributed by atoms with Crippen LogP contribution in [0.1, 0.15) is 54.4 Å². The standard InChI is InChI=1S/C17H33N3O2/c1-11(2)9-14(21)19-15(12(3)4)16(22)20-8-7-13(18)17(5,6)10-20/h11-13,15H,7-10,18H2,1-6H3,(H,19,21). The number of hydrogen-bond acceptors (Lipinski definition) is 3. The molecule has 5 heteroatoms. The second-order valence-corrected chi connectivity index (χ2v) is 8.03. The molecule has 0 saturated carbocycles. The smallest absolute Gasteiger partial charge is 0.245 e. The van der Waals surface area contributed by atoms with Gasteiger partial charge in [-0.05, 0) is 23.7 Å². The highest BCUT2D eigenvalue weighted by Crippen LogP contribution is 2.28. The molecular weight excluding hydrogens is 278 g/mol. The van der Waals surface area contributed by atoms with Crippen LogP contribution in [0.5, 0.6) is 0 Å². The summed E-state index contributed by atoms with van der Waals surface area (Å²) in [6.45, 7) is 13.5. The van der Waals surface area contributed by atoms with E-state index >= 15 is 0 Å². The lowest BCUT2D eigenvalue weighted by Gasteiger charge is -2.44. The predicted molar refractivity (Wildman–Crippen MR) is 89.2 cm³/mol. The third-order valence-corrected chi connectivity index (χ3v) is 4.47. The van der Waals surface area contributed by atoms with Crippen molar-refractivity contribution in [2.75, 3.05) is 13.1 Å². The van der Waals surface area contributed by atoms with Gasteiger partial charge in [0, 0.05) is 25.6 Å². The number of rotatable bonds is 5. The van der Waals surface area contributed by atoms with Gasteiger partial charge in [-0.25, -0.2) is 0 Å². The fourth-order valence-corrected chi connectivity index (χ4v) is 2.88. The molecule has 128 valence electrons. The Morgan fingerprint density at radius 3 is 2.32 bits per heavy atom. The van der Waals surface area contributed by atoms with Crippen LogP contribution in [0.15, 0.2) is 0 Å². The van der Waals surface area contributed by atoms with E-state index in [2.05, 4.69) is 19.2 Å². The molecule has 0 spiro atoms. The van der Waals surface area contributed by atoms with Gasteiger partial charge in [0.15, 0.2) is 0 Å². The second-order valence-electron chi connectivity index (χ2n) is 8.03. The van der Waals surface area contributed by atoms with E-state index in [1.807, 2.05) is 32.6 Å². The number of carbonyl (C=O) groups excluding carboxylic acids is 2. The number of hydrogen-bond donors (Lipinski definition) is 2. The highest BCUT2D eigenvalue weighted by molar-refractivity contribution is 5.88. The summed E-state index contributed by atoms with van der Waals surface area (Å²) in [6, 6.07) is -0.332. The molecular formula is C17H33N3O2. The molecule has 1 aliphatic rings. The average Bonchev–Trinajstić information content (AvgIpc) is 2.37. The summed E-state index contributed by atoms with van der Waals surface area (Å²) in [6.07, 6.45) is 1.26. The summed E-state index contributed by atoms with van der Waals surface area (Å²) < 4.78 is 0. The number of likely N-dealkylation sites (tertiary alicyclic amines) is 1. The molecule has 0 aromatic heterocycles. The molecule has 0 aromatic carbocycles. The molecule has 1 heterocycles. The van der Waals surface area contributed by atoms with Crippen molar-refractivity contribution in [3.63, 3.8) is 0 Å². The first kappa shape index (κ1) is 18.9. The van der Waals surface area contributed by atoms with Gasteiger partial charge in [0.2, 0.25) is 11.8 Å². The Balaban J connectivity index is 2.75. The van der Waals surface area contributed by atoms with Gasteiger partial charge < -0.3 is 16.0 Å². The van der Waals surface area contributed by atoms with E-state index < -0.39 is 6.04 Å². The van der Waals surface area contributed by atoms with Crippen molar-refractivity contribution in [1.82, 2.24) is 10.2 Å². The van der Waals surface area contributed by atoms with Gasteiger partial charge in [-0.1, -0.05) is 41.5 Å². The van der Waals surface area contributed by atoms with Crippen molar-refractivity contribution in [2.45, 2.75) is 66.5 Å². The lowest BCUT2D eigenvalue weighted by Crippen LogP contribution is -2.59. The zero-order chi connectivity index (χ0) is 17.1. The van der Waals surface area contributed by atoms with Crippen molar-refractivity contribution < 1.29 is 9.59 Å². The van der Waals surface area contributed by atoms with Gasteiger partial charge in [-0.2, -0.15) is 0 Å². The van der Waals surface area contributed by atoms with E-state index in [1.165, 1.54) is 0 Å². The number of amides is 2. The van der Waals surface area contributed by atoms with Crippen LogP contribution in [0.3, 0.4) is 0 Å². The van der Waals surface area contributed by atoms with Crippen molar-refractivity contribution in [2.24, 2.45) is 23.0 Å². The lowest BCUT2D eigenvalue weighted by atomic mass is 9.79. The van der Waals surface area contributed by atoms with E-state index in [4.69, 9.17) is 5.73 Å². The Labute approximate surface area is 135 Å². The predicted octanol–water partition coefficient (Wildman–Crippen LogP) is 1.76. The van der Waals surface area contributed by atoms with Gasteiger partial charge in [-0.15, -0.1) is 0 Å². The van der Waals surface area contributed by atoms with Crippen LogP contribution in [0.2, 0.25) is 0 Å². The van der Waals surface area contributed by atoms with Crippen LogP contribution in [-0.2, 0) is 9.59 Å². The normalized spacial score (nSPS) is 22.8. The van der Waals surface area contributed by atoms with E-state index in [1.54, 1.807) is 0 Å². The van der Waals surface area contributed by atoms with Gasteiger partial charge >= 0.3 is 0 Å². The van der Waals surface area contributed by atoms with Crippen LogP contribution in [0.25, 0.3) is 0 Å². The first-order valence-corrected chi connectivity index (χ1v) is 8.38. The van der Waals surface area contributed by atoms with Gasteiger partial charge in [0.25, 0.3) is 0 Å². The van der Waals surface area contributed by atoms with Gasteiger partial charge in [0.05, 0.1) is 0 Å². The third-order valence-electron chi connectivity index (χ3n) is 4.47. The minimum Gasteiger partial charge on any atom is -0.344 e. The SMILES string of the molecule is CC(C)CC(=O)NC(C(=O)N1CCC(N)C(C)(C)C1)C(C)C. The van der Waals surface area contributed by atoms with Crippen molar-refractivity contribution in [1.29, 1.82) is 0 Å². The Morgan fingerprint density at radius 2 is 1.86 bits per heavy atom. The molecule has 3 N–H and O–H groups in total. The minimum absolute atomic E-state index is 0.0204. The largest absolute Gasteiger partial charge is 0.344 e. The molecule has 22 heavy (non-hydrogen) atoms. The molecule has 0 radical (unpaired) electrons. The fraction of sp³-hybridized carbons (Fsp3) is 0.882. The number of nitrogens with zero attached hydrogens (tertiary/aromatic N) is 1. The zero-order valence-electron chi connectivity index (χ0n) is 15.0. The van der Waals surface area contributed by atoms with E-state index in [-0.39, 0.29) is 35.1 Å². The van der Waals surface area contributed by atoms with Crippen molar-refractivity contribution in [3.05, 3.63) is 0 Å². The Morgan fingerprint density at radius 1 is 1.27 bits per heavy atom. The summed E-state index contributed by atoms with van der Waals surface area (Å²) in [5.74, 6) is 0.333. The lowest BCUT2D eigenvalue weighted by molar-refractivity contribution is -0.140. The van der Waals surface area contributed by atoms with Gasteiger partial charge in [-0.3, -0.25) is 9.59 Å². The van der Waals surface area contributed by atoms with Crippen LogP contribution in [0, 0.1) is 17.3 Å². The van der Waals surface area contributed by atoms with Crippen molar-refractivity contribution >= 4 is 11.8 Å². The zero-order valence-corrected chi connectivity index (χ0v) is 15.0. The summed E-state index contributed by atoms with van der Waals surface area (Å²) in [7, 11) is 0. The fourth-order valence-electron chi connectivity index (χ4n) is 2.88. The maximum atomic E-state index is 12.8. The quantitative estimate of drug-likeness (QED) is 0.812. The van der Waals surface area contributed by atoms with E-state index in [0.717, 1.165) is 6.42 Å². The Bertz CT molecular complexity index is 405. The maximum Gasteiger partial charge on any atom is 0.245 e. The van der Waals surface area contributed by atoms with Crippen LogP contribution < -0.4 is 11.1 Å². The molecule has 0 bridgehead atoms. The summed E-state index contributed by atoms with van der Waals surface area (Å²) in [5.41, 5.74) is 6.05. The topological polar surface area (TPSA) is 75.4 Å². The molecule has 2 amide bonds. The van der Waals surface area contributed by atoms with Crippen LogP contribution >= 0.6 is 0 Å². The number of nitrogens with two attached hydrogens (primary N) is 1. The summed E-state index contributed by atoms with van der Waals surface area (Å²) in [5, 5.41) is 2.92. The van der Waals surface area contributed by atoms with E-state index in [0.29, 0.717) is 19.5 Å². The molecule has 5 nitrogen and oxygen atoms in total. The highest BCUT2D eigenvalue weighted by atomic mass is 16.2. The van der Waals surface area contributed by atoms with Crippen molar-refractivity contribution in [3.8, 4) is 0 Å². The third kappa shape index (κ3) is 4.97. The molecule has 0 aromatic rings. The van der Waals surface area contributed by atoms with Gasteiger partial charge in [0.1, 0.15) is 6.04 Å². The molecule has 2 atom stereocenters. The van der Waals surface area contributed by atoms with Crippen LogP contribution in [-0.4, -0.2) is 41.9 Å². The highest BCUT2D eigenvalue weighted by Gasteiger charge is 2.38. The minimum atomic E-state index is -0.448. The average molecular weight is 311 g/mol. The number of piperidine rings is 1. The van der Waals surface area contributed by atoms with Crippen LogP contribution in [0.4, 0.5) is 0 Å². The monoisotopic (exact) mass is 311 g/mol. The summed E-state index contributed by atoms with van der Waals surface area (Å²) in [4.78, 5) is 26.7. The molecule has 0 aliphatic carbocycles. The number of carbonyl (C=O) groups is 2. The Kier molecular flexibility index (Phi) is 6.41. The molecule has 1 saturated heterocycles. The first-order chi connectivity index (χ1) is 10.0. The molecule has 1 rings (SSSR count). The molecule has 1 aliphatic heterocycles. The Hall–Kier alpha value is -1.10. The second kappa shape index (κ2) is 7.44. The number of nitrogens with one attached hydrogen (secondary N) is 1. The maximum absolute atomic E-state index is 12.8. The molecule has 1 fully saturated rings. The van der Waals surface area contributed by atoms with E-state index in [9.17, 15) is 9.59 Å². The summed E-state index contributed by atoms with van der Waals surface area (Å²) >= 11 is 0. The molecule has 2 unspecified atom stereocenters.